The molecule has 0 aromatic rings. The molecule has 2 nitrogen and oxygen atoms in total. The van der Waals surface area contributed by atoms with E-state index in [1.807, 2.05) is 6.92 Å². The minimum atomic E-state index is -0.104. The summed E-state index contributed by atoms with van der Waals surface area (Å²) in [5, 5.41) is 0. The summed E-state index contributed by atoms with van der Waals surface area (Å²) in [4.78, 5) is 10.6. The molecule has 1 aliphatic heterocycles. The molecule has 0 aliphatic carbocycles. The minimum absolute atomic E-state index is 0.0440. The van der Waals surface area contributed by atoms with Crippen LogP contribution in [0.4, 0.5) is 0 Å². The fourth-order valence-electron chi connectivity index (χ4n) is 0.976. The van der Waals surface area contributed by atoms with Crippen molar-refractivity contribution in [3.05, 3.63) is 12.7 Å². The molecule has 0 unspecified atom stereocenters. The van der Waals surface area contributed by atoms with Crippen LogP contribution in [-0.2, 0) is 9.53 Å². The number of cyclic esters (lactones) is 1. The van der Waals surface area contributed by atoms with Crippen molar-refractivity contribution in [2.45, 2.75) is 19.4 Å². The summed E-state index contributed by atoms with van der Waals surface area (Å²) in [5.41, 5.74) is 0. The van der Waals surface area contributed by atoms with Crippen molar-refractivity contribution >= 4 is 5.97 Å². The Balaban J connectivity index is 2.57. The zero-order valence-electron chi connectivity index (χ0n) is 5.46. The van der Waals surface area contributed by atoms with Gasteiger partial charge in [-0.3, -0.25) is 4.79 Å². The van der Waals surface area contributed by atoms with Gasteiger partial charge in [0.15, 0.2) is 0 Å². The van der Waals surface area contributed by atoms with E-state index in [-0.39, 0.29) is 12.1 Å². The number of ether oxygens (including phenoxy) is 1. The molecule has 9 heavy (non-hydrogen) atoms. The predicted molar refractivity (Wildman–Crippen MR) is 33.9 cm³/mol. The van der Waals surface area contributed by atoms with Gasteiger partial charge in [-0.1, -0.05) is 19.6 Å². The highest BCUT2D eigenvalue weighted by atomic mass is 16.5. The first-order valence-corrected chi connectivity index (χ1v) is 3.06. The van der Waals surface area contributed by atoms with Gasteiger partial charge < -0.3 is 4.74 Å². The zero-order valence-corrected chi connectivity index (χ0v) is 5.46. The van der Waals surface area contributed by atoms with Gasteiger partial charge in [0.1, 0.15) is 6.10 Å². The second-order valence-corrected chi connectivity index (χ2v) is 2.37. The first-order valence-electron chi connectivity index (χ1n) is 3.06. The number of hydrogen-bond acceptors (Lipinski definition) is 2. The maximum Gasteiger partial charge on any atom is 0.306 e. The van der Waals surface area contributed by atoms with E-state index >= 15 is 0 Å². The van der Waals surface area contributed by atoms with Gasteiger partial charge in [0.2, 0.25) is 0 Å². The van der Waals surface area contributed by atoms with Gasteiger partial charge in [-0.2, -0.15) is 0 Å². The van der Waals surface area contributed by atoms with Crippen LogP contribution < -0.4 is 0 Å². The highest BCUT2D eigenvalue weighted by Gasteiger charge is 2.28. The molecule has 0 radical (unpaired) electrons. The number of esters is 1. The lowest BCUT2D eigenvalue weighted by Crippen LogP contribution is -2.08. The van der Waals surface area contributed by atoms with Crippen LogP contribution in [0.25, 0.3) is 0 Å². The Labute approximate surface area is 54.5 Å². The standard InChI is InChI=1S/C7H10O2/c1-3-6-5(2)4-7(8)9-6/h3,5-6H,1,4H2,2H3/t5-,6-/m1/s1. The maximum absolute atomic E-state index is 10.6. The molecule has 0 amide bonds. The quantitative estimate of drug-likeness (QED) is 0.389. The number of rotatable bonds is 1. The van der Waals surface area contributed by atoms with Crippen LogP contribution in [0.5, 0.6) is 0 Å². The third kappa shape index (κ3) is 1.12. The van der Waals surface area contributed by atoms with Crippen LogP contribution in [0, 0.1) is 5.92 Å². The average Bonchev–Trinajstić information content (AvgIpc) is 2.10. The molecule has 1 saturated heterocycles. The fraction of sp³-hybridized carbons (Fsp3) is 0.571. The van der Waals surface area contributed by atoms with E-state index in [1.165, 1.54) is 0 Å². The first-order chi connectivity index (χ1) is 4.24. The van der Waals surface area contributed by atoms with Gasteiger partial charge in [-0.25, -0.2) is 0 Å². The Hall–Kier alpha value is -0.790. The van der Waals surface area contributed by atoms with E-state index < -0.39 is 0 Å². The van der Waals surface area contributed by atoms with E-state index in [1.54, 1.807) is 6.08 Å². The smallest absolute Gasteiger partial charge is 0.306 e. The zero-order chi connectivity index (χ0) is 6.85. The molecule has 1 heterocycles. The summed E-state index contributed by atoms with van der Waals surface area (Å²) in [5.74, 6) is 0.211. The highest BCUT2D eigenvalue weighted by Crippen LogP contribution is 2.21. The molecule has 50 valence electrons. The van der Waals surface area contributed by atoms with Crippen molar-refractivity contribution in [3.8, 4) is 0 Å². The van der Waals surface area contributed by atoms with Crippen LogP contribution in [0.1, 0.15) is 13.3 Å². The van der Waals surface area contributed by atoms with E-state index in [0.29, 0.717) is 12.3 Å². The number of hydrogen-bond donors (Lipinski definition) is 0. The number of carbonyl (C=O) groups excluding carboxylic acids is 1. The SMILES string of the molecule is C=C[C@H]1OC(=O)C[C@H]1C. The van der Waals surface area contributed by atoms with Gasteiger partial charge in [0.05, 0.1) is 6.42 Å². The van der Waals surface area contributed by atoms with Crippen molar-refractivity contribution < 1.29 is 9.53 Å². The molecule has 1 aliphatic rings. The summed E-state index contributed by atoms with van der Waals surface area (Å²) >= 11 is 0. The summed E-state index contributed by atoms with van der Waals surface area (Å²) in [6.45, 7) is 5.53. The maximum atomic E-state index is 10.6. The second-order valence-electron chi connectivity index (χ2n) is 2.37. The third-order valence-corrected chi connectivity index (χ3v) is 1.55. The second kappa shape index (κ2) is 2.21. The summed E-state index contributed by atoms with van der Waals surface area (Å²) < 4.78 is 4.87. The summed E-state index contributed by atoms with van der Waals surface area (Å²) in [6.07, 6.45) is 2.17. The Kier molecular flexibility index (Phi) is 1.56. The monoisotopic (exact) mass is 126 g/mol. The lowest BCUT2D eigenvalue weighted by Gasteiger charge is -2.05. The van der Waals surface area contributed by atoms with Crippen molar-refractivity contribution in [1.82, 2.24) is 0 Å². The minimum Gasteiger partial charge on any atom is -0.458 e. The Bertz CT molecular complexity index is 140. The van der Waals surface area contributed by atoms with Gasteiger partial charge in [-0.05, 0) is 0 Å². The molecule has 2 atom stereocenters. The first kappa shape index (κ1) is 6.33. The molecule has 0 saturated carbocycles. The Morgan fingerprint density at radius 2 is 2.56 bits per heavy atom. The molecule has 1 fully saturated rings. The molecule has 0 spiro atoms. The normalized spacial score (nSPS) is 34.1. The van der Waals surface area contributed by atoms with Crippen LogP contribution in [-0.4, -0.2) is 12.1 Å². The largest absolute Gasteiger partial charge is 0.458 e. The summed E-state index contributed by atoms with van der Waals surface area (Å²) in [6, 6.07) is 0. The van der Waals surface area contributed by atoms with Gasteiger partial charge in [0, 0.05) is 5.92 Å². The predicted octanol–water partition coefficient (Wildman–Crippen LogP) is 1.12. The fourth-order valence-corrected chi connectivity index (χ4v) is 0.976. The third-order valence-electron chi connectivity index (χ3n) is 1.55. The van der Waals surface area contributed by atoms with Gasteiger partial charge >= 0.3 is 5.97 Å². The molecular formula is C7H10O2. The van der Waals surface area contributed by atoms with Gasteiger partial charge in [0.25, 0.3) is 0 Å². The Morgan fingerprint density at radius 3 is 2.78 bits per heavy atom. The molecule has 2 heteroatoms. The van der Waals surface area contributed by atoms with Crippen molar-refractivity contribution in [1.29, 1.82) is 0 Å². The summed E-state index contributed by atoms with van der Waals surface area (Å²) in [7, 11) is 0. The van der Waals surface area contributed by atoms with E-state index in [2.05, 4.69) is 6.58 Å². The number of carbonyl (C=O) groups is 1. The van der Waals surface area contributed by atoms with Gasteiger partial charge in [-0.15, -0.1) is 0 Å². The molecule has 0 bridgehead atoms. The molecule has 0 aromatic heterocycles. The molecule has 0 N–H and O–H groups in total. The highest BCUT2D eigenvalue weighted by molar-refractivity contribution is 5.72. The average molecular weight is 126 g/mol. The van der Waals surface area contributed by atoms with Crippen molar-refractivity contribution in [2.75, 3.05) is 0 Å². The molecule has 0 aromatic carbocycles. The van der Waals surface area contributed by atoms with Crippen molar-refractivity contribution in [2.24, 2.45) is 5.92 Å². The van der Waals surface area contributed by atoms with Crippen molar-refractivity contribution in [3.63, 3.8) is 0 Å². The molecular weight excluding hydrogens is 116 g/mol. The van der Waals surface area contributed by atoms with E-state index in [0.717, 1.165) is 0 Å². The lowest BCUT2D eigenvalue weighted by molar-refractivity contribution is -0.140. The lowest BCUT2D eigenvalue weighted by atomic mass is 10.0. The van der Waals surface area contributed by atoms with E-state index in [9.17, 15) is 4.79 Å². The van der Waals surface area contributed by atoms with Crippen LogP contribution >= 0.6 is 0 Å². The van der Waals surface area contributed by atoms with Crippen LogP contribution in [0.2, 0.25) is 0 Å². The van der Waals surface area contributed by atoms with E-state index in [4.69, 9.17) is 4.74 Å². The van der Waals surface area contributed by atoms with Crippen LogP contribution in [0.3, 0.4) is 0 Å². The molecule has 1 rings (SSSR count). The topological polar surface area (TPSA) is 26.3 Å². The Morgan fingerprint density at radius 1 is 1.89 bits per heavy atom. The van der Waals surface area contributed by atoms with Crippen LogP contribution in [0.15, 0.2) is 12.7 Å².